The SMILES string of the molecule is COCCOCCOCCN1CC[C@]23CCCC[C@H]2[C@H]1Cc1ccc(OC)cc13. The van der Waals surface area contributed by atoms with Crippen molar-refractivity contribution in [1.29, 1.82) is 0 Å². The van der Waals surface area contributed by atoms with Crippen molar-refractivity contribution in [3.05, 3.63) is 29.3 Å². The second-order valence-electron chi connectivity index (χ2n) is 8.81. The molecule has 1 heterocycles. The van der Waals surface area contributed by atoms with Gasteiger partial charge in [-0.25, -0.2) is 0 Å². The van der Waals surface area contributed by atoms with Crippen LogP contribution in [0, 0.1) is 5.92 Å². The molecule has 3 atom stereocenters. The van der Waals surface area contributed by atoms with E-state index in [2.05, 4.69) is 23.1 Å². The molecule has 1 saturated carbocycles. The molecule has 1 aromatic rings. The van der Waals surface area contributed by atoms with Gasteiger partial charge in [-0.3, -0.25) is 4.90 Å². The Kier molecular flexibility index (Phi) is 7.12. The van der Waals surface area contributed by atoms with E-state index in [9.17, 15) is 0 Å². The number of methoxy groups -OCH3 is 2. The molecule has 2 fully saturated rings. The van der Waals surface area contributed by atoms with Gasteiger partial charge < -0.3 is 18.9 Å². The van der Waals surface area contributed by atoms with Crippen LogP contribution in [-0.4, -0.2) is 71.3 Å². The van der Waals surface area contributed by atoms with Gasteiger partial charge in [0, 0.05) is 25.1 Å². The lowest BCUT2D eigenvalue weighted by Crippen LogP contribution is -2.61. The highest BCUT2D eigenvalue weighted by Gasteiger charge is 2.53. The molecule has 2 aliphatic carbocycles. The van der Waals surface area contributed by atoms with E-state index in [1.807, 2.05) is 0 Å². The van der Waals surface area contributed by atoms with Crippen LogP contribution in [0.5, 0.6) is 5.75 Å². The molecule has 0 radical (unpaired) electrons. The summed E-state index contributed by atoms with van der Waals surface area (Å²) in [4.78, 5) is 2.72. The highest BCUT2D eigenvalue weighted by molar-refractivity contribution is 5.45. The molecule has 3 aliphatic rings. The van der Waals surface area contributed by atoms with Gasteiger partial charge in [-0.05, 0) is 61.4 Å². The molecule has 0 aromatic heterocycles. The summed E-state index contributed by atoms with van der Waals surface area (Å²) < 4.78 is 21.9. The van der Waals surface area contributed by atoms with Crippen LogP contribution in [0.2, 0.25) is 0 Å². The van der Waals surface area contributed by atoms with Gasteiger partial charge in [0.25, 0.3) is 0 Å². The highest BCUT2D eigenvalue weighted by Crippen LogP contribution is 2.56. The van der Waals surface area contributed by atoms with Crippen LogP contribution >= 0.6 is 0 Å². The molecule has 1 aromatic carbocycles. The van der Waals surface area contributed by atoms with Crippen molar-refractivity contribution in [2.24, 2.45) is 5.92 Å². The fourth-order valence-electron chi connectivity index (χ4n) is 6.11. The summed E-state index contributed by atoms with van der Waals surface area (Å²) in [6.07, 6.45) is 7.90. The smallest absolute Gasteiger partial charge is 0.119 e. The van der Waals surface area contributed by atoms with Gasteiger partial charge in [-0.1, -0.05) is 18.9 Å². The van der Waals surface area contributed by atoms with E-state index >= 15 is 0 Å². The number of hydrogen-bond donors (Lipinski definition) is 0. The minimum absolute atomic E-state index is 0.373. The fourth-order valence-corrected chi connectivity index (χ4v) is 6.11. The van der Waals surface area contributed by atoms with Crippen molar-refractivity contribution >= 4 is 0 Å². The summed E-state index contributed by atoms with van der Waals surface area (Å²) in [6.45, 7) is 5.60. The Labute approximate surface area is 175 Å². The molecule has 0 N–H and O–H groups in total. The van der Waals surface area contributed by atoms with Gasteiger partial charge in [0.15, 0.2) is 0 Å². The summed E-state index contributed by atoms with van der Waals surface area (Å²) >= 11 is 0. The molecule has 5 nitrogen and oxygen atoms in total. The Morgan fingerprint density at radius 3 is 2.66 bits per heavy atom. The quantitative estimate of drug-likeness (QED) is 0.560. The van der Waals surface area contributed by atoms with Crippen molar-refractivity contribution in [1.82, 2.24) is 4.90 Å². The lowest BCUT2D eigenvalue weighted by atomic mass is 9.52. The van der Waals surface area contributed by atoms with Crippen LogP contribution in [0.25, 0.3) is 0 Å². The van der Waals surface area contributed by atoms with E-state index in [-0.39, 0.29) is 0 Å². The maximum absolute atomic E-state index is 5.86. The number of benzene rings is 1. The molecule has 1 saturated heterocycles. The fraction of sp³-hybridized carbons (Fsp3) is 0.750. The van der Waals surface area contributed by atoms with Crippen LogP contribution in [0.15, 0.2) is 18.2 Å². The first-order valence-corrected chi connectivity index (χ1v) is 11.3. The highest BCUT2D eigenvalue weighted by atomic mass is 16.5. The van der Waals surface area contributed by atoms with Crippen LogP contribution < -0.4 is 4.74 Å². The first kappa shape index (κ1) is 21.1. The summed E-state index contributed by atoms with van der Waals surface area (Å²) in [5, 5.41) is 0. The summed E-state index contributed by atoms with van der Waals surface area (Å²) in [7, 11) is 3.48. The number of fused-ring (bicyclic) bond motifs is 1. The van der Waals surface area contributed by atoms with Crippen molar-refractivity contribution in [3.8, 4) is 5.75 Å². The number of rotatable bonds is 10. The average molecular weight is 404 g/mol. The zero-order chi connectivity index (χ0) is 20.1. The van der Waals surface area contributed by atoms with E-state index in [1.54, 1.807) is 25.3 Å². The number of piperidine rings is 1. The molecule has 1 aliphatic heterocycles. The zero-order valence-corrected chi connectivity index (χ0v) is 18.2. The minimum atomic E-state index is 0.373. The van der Waals surface area contributed by atoms with Gasteiger partial charge in [0.2, 0.25) is 0 Å². The van der Waals surface area contributed by atoms with Crippen LogP contribution in [0.1, 0.15) is 43.2 Å². The van der Waals surface area contributed by atoms with E-state index in [0.717, 1.165) is 24.8 Å². The molecular formula is C24H37NO4. The molecular weight excluding hydrogens is 366 g/mol. The van der Waals surface area contributed by atoms with Crippen molar-refractivity contribution in [2.45, 2.75) is 50.0 Å². The lowest BCUT2D eigenvalue weighted by molar-refractivity contribution is -0.0304. The van der Waals surface area contributed by atoms with Crippen molar-refractivity contribution in [2.75, 3.05) is 60.3 Å². The standard InChI is InChI=1S/C24H37NO4/c1-26-13-14-29-16-15-28-12-11-25-10-9-24-8-4-3-5-21(24)23(25)17-19-6-7-20(27-2)18-22(19)24/h6-7,18,21,23H,3-5,8-17H2,1-2H3/t21-,23+,24+/m0/s1. The zero-order valence-electron chi connectivity index (χ0n) is 18.2. The maximum atomic E-state index is 5.86. The molecule has 29 heavy (non-hydrogen) atoms. The summed E-state index contributed by atoms with van der Waals surface area (Å²) in [5.41, 5.74) is 3.52. The van der Waals surface area contributed by atoms with E-state index < -0.39 is 0 Å². The molecule has 0 spiro atoms. The Bertz CT molecular complexity index is 666. The van der Waals surface area contributed by atoms with E-state index in [4.69, 9.17) is 18.9 Å². The van der Waals surface area contributed by atoms with Gasteiger partial charge in [0.05, 0.1) is 40.1 Å². The number of hydrogen-bond acceptors (Lipinski definition) is 5. The van der Waals surface area contributed by atoms with Gasteiger partial charge >= 0.3 is 0 Å². The summed E-state index contributed by atoms with van der Waals surface area (Å²) in [6, 6.07) is 7.48. The Morgan fingerprint density at radius 2 is 1.83 bits per heavy atom. The molecule has 0 amide bonds. The molecule has 162 valence electrons. The topological polar surface area (TPSA) is 40.2 Å². The second-order valence-corrected chi connectivity index (χ2v) is 8.81. The Hall–Kier alpha value is -1.14. The first-order chi connectivity index (χ1) is 14.3. The van der Waals surface area contributed by atoms with E-state index in [1.165, 1.54) is 45.1 Å². The van der Waals surface area contributed by atoms with Crippen molar-refractivity contribution < 1.29 is 18.9 Å². The van der Waals surface area contributed by atoms with Crippen molar-refractivity contribution in [3.63, 3.8) is 0 Å². The van der Waals surface area contributed by atoms with Gasteiger partial charge in [-0.2, -0.15) is 0 Å². The third kappa shape index (κ3) is 4.34. The normalized spacial score (nSPS) is 28.6. The first-order valence-electron chi connectivity index (χ1n) is 11.3. The van der Waals surface area contributed by atoms with Crippen LogP contribution in [0.3, 0.4) is 0 Å². The number of nitrogens with zero attached hydrogens (tertiary/aromatic N) is 1. The van der Waals surface area contributed by atoms with Gasteiger partial charge in [0.1, 0.15) is 5.75 Å². The molecule has 0 unspecified atom stereocenters. The third-order valence-electron chi connectivity index (χ3n) is 7.49. The Morgan fingerprint density at radius 1 is 1.00 bits per heavy atom. The lowest BCUT2D eigenvalue weighted by Gasteiger charge is -2.59. The number of ether oxygens (including phenoxy) is 4. The molecule has 2 bridgehead atoms. The van der Waals surface area contributed by atoms with Crippen LogP contribution in [-0.2, 0) is 26.0 Å². The van der Waals surface area contributed by atoms with Gasteiger partial charge in [-0.15, -0.1) is 0 Å². The van der Waals surface area contributed by atoms with Crippen LogP contribution in [0.4, 0.5) is 0 Å². The molecule has 5 heteroatoms. The average Bonchev–Trinajstić information content (AvgIpc) is 2.76. The summed E-state index contributed by atoms with van der Waals surface area (Å²) in [5.74, 6) is 1.80. The van der Waals surface area contributed by atoms with E-state index in [0.29, 0.717) is 37.9 Å². The predicted molar refractivity (Wildman–Crippen MR) is 114 cm³/mol. The number of likely N-dealkylation sites (tertiary alicyclic amines) is 1. The second kappa shape index (κ2) is 9.78. The largest absolute Gasteiger partial charge is 0.497 e. The monoisotopic (exact) mass is 403 g/mol. The maximum Gasteiger partial charge on any atom is 0.119 e. The Balaban J connectivity index is 1.38. The predicted octanol–water partition coefficient (Wildman–Crippen LogP) is 3.43. The molecule has 4 rings (SSSR count). The third-order valence-corrected chi connectivity index (χ3v) is 7.49. The minimum Gasteiger partial charge on any atom is -0.497 e.